The molecule has 27 heavy (non-hydrogen) atoms. The maximum absolute atomic E-state index is 12.3. The van der Waals surface area contributed by atoms with E-state index < -0.39 is 14.9 Å². The van der Waals surface area contributed by atoms with E-state index >= 15 is 0 Å². The van der Waals surface area contributed by atoms with Gasteiger partial charge in [0.15, 0.2) is 0 Å². The Hall–Kier alpha value is -2.49. The third-order valence-corrected chi connectivity index (χ3v) is 6.05. The lowest BCUT2D eigenvalue weighted by Gasteiger charge is -2.34. The number of sulfonamides is 1. The fourth-order valence-corrected chi connectivity index (χ4v) is 3.92. The molecule has 0 aromatic heterocycles. The molecule has 1 saturated heterocycles. The summed E-state index contributed by atoms with van der Waals surface area (Å²) < 4.78 is 27.2. The molecule has 0 bridgehead atoms. The highest BCUT2D eigenvalue weighted by Crippen LogP contribution is 2.18. The third-order valence-electron chi connectivity index (χ3n) is 4.63. The molecule has 0 saturated carbocycles. The van der Waals surface area contributed by atoms with Gasteiger partial charge in [0, 0.05) is 50.5 Å². The standard InChI is InChI=1S/C18H22N4O4S/c1-20-10-12-21(13-11-20)16-4-2-15(3-5-16)14-19-27(25,26)18-8-6-17(7-9-18)22(23)24/h2-9,19H,10-14H2,1H3. The highest BCUT2D eigenvalue weighted by Gasteiger charge is 2.16. The monoisotopic (exact) mass is 390 g/mol. The number of piperazine rings is 1. The van der Waals surface area contributed by atoms with E-state index in [-0.39, 0.29) is 17.1 Å². The van der Waals surface area contributed by atoms with Crippen LogP contribution in [0.1, 0.15) is 5.56 Å². The number of nitro benzene ring substituents is 1. The first-order valence-corrected chi connectivity index (χ1v) is 10.1. The van der Waals surface area contributed by atoms with Crippen molar-refractivity contribution in [3.63, 3.8) is 0 Å². The Kier molecular flexibility index (Phi) is 5.73. The van der Waals surface area contributed by atoms with Gasteiger partial charge in [-0.05, 0) is 36.9 Å². The average molecular weight is 390 g/mol. The van der Waals surface area contributed by atoms with Crippen LogP contribution in [0, 0.1) is 10.1 Å². The minimum atomic E-state index is -3.73. The second kappa shape index (κ2) is 8.03. The number of non-ortho nitro benzene ring substituents is 1. The summed E-state index contributed by atoms with van der Waals surface area (Å²) in [4.78, 5) is 14.7. The van der Waals surface area contributed by atoms with Gasteiger partial charge in [-0.2, -0.15) is 0 Å². The van der Waals surface area contributed by atoms with Crippen molar-refractivity contribution in [3.8, 4) is 0 Å². The van der Waals surface area contributed by atoms with Gasteiger partial charge in [0.2, 0.25) is 10.0 Å². The Morgan fingerprint density at radius 1 is 1.00 bits per heavy atom. The Bertz CT molecular complexity index is 890. The summed E-state index contributed by atoms with van der Waals surface area (Å²) in [6.45, 7) is 4.15. The third kappa shape index (κ3) is 4.82. The highest BCUT2D eigenvalue weighted by atomic mass is 32.2. The van der Waals surface area contributed by atoms with E-state index in [9.17, 15) is 18.5 Å². The highest BCUT2D eigenvalue weighted by molar-refractivity contribution is 7.89. The van der Waals surface area contributed by atoms with Crippen LogP contribution >= 0.6 is 0 Å². The fourth-order valence-electron chi connectivity index (χ4n) is 2.90. The Morgan fingerprint density at radius 3 is 2.15 bits per heavy atom. The topological polar surface area (TPSA) is 95.8 Å². The normalized spacial score (nSPS) is 15.7. The SMILES string of the molecule is CN1CCN(c2ccc(CNS(=O)(=O)c3ccc([N+](=O)[O-])cc3)cc2)CC1. The molecule has 3 rings (SSSR count). The van der Waals surface area contributed by atoms with Gasteiger partial charge in [-0.15, -0.1) is 0 Å². The van der Waals surface area contributed by atoms with Crippen molar-refractivity contribution in [2.75, 3.05) is 38.1 Å². The quantitative estimate of drug-likeness (QED) is 0.597. The molecule has 1 aliphatic heterocycles. The van der Waals surface area contributed by atoms with Gasteiger partial charge in [0.05, 0.1) is 9.82 Å². The average Bonchev–Trinajstić information content (AvgIpc) is 2.67. The van der Waals surface area contributed by atoms with E-state index in [1.807, 2.05) is 24.3 Å². The van der Waals surface area contributed by atoms with Crippen LogP contribution < -0.4 is 9.62 Å². The number of nitrogens with zero attached hydrogens (tertiary/aromatic N) is 3. The summed E-state index contributed by atoms with van der Waals surface area (Å²) in [5.74, 6) is 0. The van der Waals surface area contributed by atoms with E-state index in [1.165, 1.54) is 24.3 Å². The molecule has 2 aromatic rings. The molecule has 1 heterocycles. The van der Waals surface area contributed by atoms with Crippen LogP contribution in [0.2, 0.25) is 0 Å². The van der Waals surface area contributed by atoms with Crippen LogP contribution in [0.15, 0.2) is 53.4 Å². The molecular weight excluding hydrogens is 368 g/mol. The summed E-state index contributed by atoms with van der Waals surface area (Å²) >= 11 is 0. The van der Waals surface area contributed by atoms with E-state index in [0.29, 0.717) is 0 Å². The zero-order valence-electron chi connectivity index (χ0n) is 15.0. The van der Waals surface area contributed by atoms with Crippen molar-refractivity contribution >= 4 is 21.4 Å². The van der Waals surface area contributed by atoms with Crippen molar-refractivity contribution in [2.24, 2.45) is 0 Å². The van der Waals surface area contributed by atoms with Gasteiger partial charge in [-0.25, -0.2) is 13.1 Å². The van der Waals surface area contributed by atoms with Crippen molar-refractivity contribution in [1.82, 2.24) is 9.62 Å². The number of nitrogens with one attached hydrogen (secondary N) is 1. The second-order valence-electron chi connectivity index (χ2n) is 6.53. The smallest absolute Gasteiger partial charge is 0.269 e. The molecule has 1 N–H and O–H groups in total. The number of hydrogen-bond donors (Lipinski definition) is 1. The van der Waals surface area contributed by atoms with Crippen LogP contribution in [-0.4, -0.2) is 51.5 Å². The first-order chi connectivity index (χ1) is 12.8. The van der Waals surface area contributed by atoms with Crippen molar-refractivity contribution in [2.45, 2.75) is 11.4 Å². The molecule has 0 aliphatic carbocycles. The first kappa shape index (κ1) is 19.3. The number of rotatable bonds is 6. The van der Waals surface area contributed by atoms with Gasteiger partial charge in [-0.1, -0.05) is 12.1 Å². The number of hydrogen-bond acceptors (Lipinski definition) is 6. The molecular formula is C18H22N4O4S. The van der Waals surface area contributed by atoms with E-state index in [4.69, 9.17) is 0 Å². The molecule has 0 radical (unpaired) electrons. The maximum atomic E-state index is 12.3. The summed E-state index contributed by atoms with van der Waals surface area (Å²) in [6.07, 6.45) is 0. The van der Waals surface area contributed by atoms with Crippen molar-refractivity contribution in [1.29, 1.82) is 0 Å². The Labute approximate surface area is 158 Å². The maximum Gasteiger partial charge on any atom is 0.269 e. The van der Waals surface area contributed by atoms with Gasteiger partial charge in [-0.3, -0.25) is 10.1 Å². The lowest BCUT2D eigenvalue weighted by Crippen LogP contribution is -2.44. The van der Waals surface area contributed by atoms with Gasteiger partial charge >= 0.3 is 0 Å². The second-order valence-corrected chi connectivity index (χ2v) is 8.30. The zero-order chi connectivity index (χ0) is 19.4. The summed E-state index contributed by atoms with van der Waals surface area (Å²) in [5.41, 5.74) is 1.83. The Balaban J connectivity index is 1.61. The van der Waals surface area contributed by atoms with Crippen LogP contribution in [0.3, 0.4) is 0 Å². The van der Waals surface area contributed by atoms with E-state index in [0.717, 1.165) is 37.4 Å². The number of likely N-dealkylation sites (N-methyl/N-ethyl adjacent to an activating group) is 1. The molecule has 0 spiro atoms. The van der Waals surface area contributed by atoms with E-state index in [1.54, 1.807) is 0 Å². The van der Waals surface area contributed by atoms with Crippen molar-refractivity contribution in [3.05, 3.63) is 64.2 Å². The molecule has 8 nitrogen and oxygen atoms in total. The molecule has 2 aromatic carbocycles. The number of benzene rings is 2. The minimum absolute atomic E-state index is 0.00200. The summed E-state index contributed by atoms with van der Waals surface area (Å²) in [7, 11) is -1.62. The van der Waals surface area contributed by atoms with Crippen LogP contribution in [0.25, 0.3) is 0 Å². The van der Waals surface area contributed by atoms with Gasteiger partial charge in [0.25, 0.3) is 5.69 Å². The van der Waals surface area contributed by atoms with Gasteiger partial charge in [0.1, 0.15) is 0 Å². The lowest BCUT2D eigenvalue weighted by molar-refractivity contribution is -0.384. The van der Waals surface area contributed by atoms with Crippen molar-refractivity contribution < 1.29 is 13.3 Å². The van der Waals surface area contributed by atoms with Crippen LogP contribution in [0.4, 0.5) is 11.4 Å². The minimum Gasteiger partial charge on any atom is -0.369 e. The largest absolute Gasteiger partial charge is 0.369 e. The first-order valence-electron chi connectivity index (χ1n) is 8.62. The molecule has 0 unspecified atom stereocenters. The molecule has 144 valence electrons. The Morgan fingerprint density at radius 2 is 1.59 bits per heavy atom. The summed E-state index contributed by atoms with van der Waals surface area (Å²) in [5, 5.41) is 10.7. The van der Waals surface area contributed by atoms with Crippen LogP contribution in [0.5, 0.6) is 0 Å². The van der Waals surface area contributed by atoms with Crippen LogP contribution in [-0.2, 0) is 16.6 Å². The fraction of sp³-hybridized carbons (Fsp3) is 0.333. The lowest BCUT2D eigenvalue weighted by atomic mass is 10.2. The predicted octanol–water partition coefficient (Wildman–Crippen LogP) is 1.83. The molecule has 0 amide bonds. The molecule has 0 atom stereocenters. The molecule has 1 fully saturated rings. The summed E-state index contributed by atoms with van der Waals surface area (Å²) in [6, 6.07) is 12.6. The van der Waals surface area contributed by atoms with E-state index in [2.05, 4.69) is 21.6 Å². The molecule has 9 heteroatoms. The number of nitro groups is 1. The zero-order valence-corrected chi connectivity index (χ0v) is 15.9. The predicted molar refractivity (Wildman–Crippen MR) is 103 cm³/mol. The number of anilines is 1. The van der Waals surface area contributed by atoms with Gasteiger partial charge < -0.3 is 9.80 Å². The molecule has 1 aliphatic rings.